The van der Waals surface area contributed by atoms with Crippen molar-refractivity contribution >= 4 is 21.7 Å². The number of aromatic amines is 1. The first kappa shape index (κ1) is 20.7. The Labute approximate surface area is 159 Å². The van der Waals surface area contributed by atoms with Gasteiger partial charge >= 0.3 is 5.97 Å². The molecule has 0 spiro atoms. The van der Waals surface area contributed by atoms with E-state index in [2.05, 4.69) is 10.3 Å². The molecule has 8 heteroatoms. The topological polar surface area (TPSA) is 105 Å². The minimum absolute atomic E-state index is 0.222. The molecule has 1 aromatic heterocycles. The zero-order chi connectivity index (χ0) is 20.4. The highest BCUT2D eigenvalue weighted by Gasteiger charge is 2.23. The number of hydrogen-bond donors (Lipinski definition) is 2. The van der Waals surface area contributed by atoms with Crippen LogP contribution >= 0.6 is 0 Å². The number of carbonyl (C=O) groups is 2. The van der Waals surface area contributed by atoms with E-state index in [0.29, 0.717) is 22.5 Å². The maximum absolute atomic E-state index is 12.6. The number of nitrogens with one attached hydrogen (secondary N) is 2. The highest BCUT2D eigenvalue weighted by Crippen LogP contribution is 2.21. The Morgan fingerprint density at radius 1 is 1.19 bits per heavy atom. The molecule has 2 rings (SSSR count). The largest absolute Gasteiger partial charge is 0.462 e. The van der Waals surface area contributed by atoms with Gasteiger partial charge in [0, 0.05) is 11.9 Å². The molecule has 1 atom stereocenters. The van der Waals surface area contributed by atoms with Crippen LogP contribution in [0.25, 0.3) is 0 Å². The van der Waals surface area contributed by atoms with Crippen LogP contribution in [0.15, 0.2) is 29.2 Å². The Morgan fingerprint density at radius 3 is 2.30 bits per heavy atom. The SMILES string of the molecule is CCOC(=O)c1c(C)[nH]c(C(=O)N[C@@H](C)c2ccc(S(C)(=O)=O)cc2)c1C. The molecule has 1 heterocycles. The summed E-state index contributed by atoms with van der Waals surface area (Å²) in [5.41, 5.74) is 2.54. The Kier molecular flexibility index (Phi) is 6.10. The minimum Gasteiger partial charge on any atom is -0.462 e. The van der Waals surface area contributed by atoms with Crippen molar-refractivity contribution in [2.24, 2.45) is 0 Å². The number of aryl methyl sites for hydroxylation is 1. The highest BCUT2D eigenvalue weighted by molar-refractivity contribution is 7.90. The minimum atomic E-state index is -3.27. The average Bonchev–Trinajstić information content (AvgIpc) is 2.89. The summed E-state index contributed by atoms with van der Waals surface area (Å²) in [5.74, 6) is -0.821. The standard InChI is InChI=1S/C19H24N2O5S/c1-6-26-19(23)16-11(2)17(20-13(16)4)18(22)21-12(3)14-7-9-15(10-8-14)27(5,24)25/h7-10,12,20H,6H2,1-5H3,(H,21,22)/t12-/m0/s1. The monoisotopic (exact) mass is 392 g/mol. The molecular weight excluding hydrogens is 368 g/mol. The van der Waals surface area contributed by atoms with Gasteiger partial charge < -0.3 is 15.0 Å². The normalized spacial score (nSPS) is 12.5. The quantitative estimate of drug-likeness (QED) is 0.736. The van der Waals surface area contributed by atoms with Gasteiger partial charge in [-0.2, -0.15) is 0 Å². The Morgan fingerprint density at radius 2 is 1.78 bits per heavy atom. The van der Waals surface area contributed by atoms with Crippen LogP contribution in [0.4, 0.5) is 0 Å². The summed E-state index contributed by atoms with van der Waals surface area (Å²) < 4.78 is 28.1. The van der Waals surface area contributed by atoms with E-state index in [9.17, 15) is 18.0 Å². The van der Waals surface area contributed by atoms with Gasteiger partial charge in [-0.05, 0) is 51.0 Å². The van der Waals surface area contributed by atoms with Crippen molar-refractivity contribution in [1.82, 2.24) is 10.3 Å². The first-order chi connectivity index (χ1) is 12.6. The lowest BCUT2D eigenvalue weighted by molar-refractivity contribution is 0.0525. The molecule has 1 amide bonds. The van der Waals surface area contributed by atoms with Gasteiger partial charge in [0.05, 0.1) is 23.1 Å². The third kappa shape index (κ3) is 4.57. The van der Waals surface area contributed by atoms with Crippen LogP contribution in [0.1, 0.15) is 57.6 Å². The third-order valence-electron chi connectivity index (χ3n) is 4.30. The van der Waals surface area contributed by atoms with E-state index in [1.165, 1.54) is 12.1 Å². The molecule has 1 aromatic carbocycles. The van der Waals surface area contributed by atoms with Gasteiger partial charge in [-0.1, -0.05) is 12.1 Å². The summed E-state index contributed by atoms with van der Waals surface area (Å²) in [4.78, 5) is 27.9. The Bertz CT molecular complexity index is 959. The molecule has 2 N–H and O–H groups in total. The van der Waals surface area contributed by atoms with Crippen LogP contribution in [0.5, 0.6) is 0 Å². The first-order valence-corrected chi connectivity index (χ1v) is 10.4. The van der Waals surface area contributed by atoms with Gasteiger partial charge in [0.2, 0.25) is 0 Å². The maximum atomic E-state index is 12.6. The smallest absolute Gasteiger partial charge is 0.340 e. The Hall–Kier alpha value is -2.61. The molecule has 27 heavy (non-hydrogen) atoms. The number of esters is 1. The van der Waals surface area contributed by atoms with Crippen molar-refractivity contribution in [1.29, 1.82) is 0 Å². The molecule has 0 unspecified atom stereocenters. The zero-order valence-corrected chi connectivity index (χ0v) is 16.9. The number of benzene rings is 1. The van der Waals surface area contributed by atoms with Crippen molar-refractivity contribution in [3.05, 3.63) is 52.3 Å². The predicted molar refractivity (Wildman–Crippen MR) is 102 cm³/mol. The summed E-state index contributed by atoms with van der Waals surface area (Å²) in [6, 6.07) is 6.00. The van der Waals surface area contributed by atoms with E-state index in [4.69, 9.17) is 4.74 Å². The number of H-pyrrole nitrogens is 1. The fourth-order valence-corrected chi connectivity index (χ4v) is 3.47. The second-order valence-electron chi connectivity index (χ2n) is 6.38. The summed E-state index contributed by atoms with van der Waals surface area (Å²) in [7, 11) is -3.27. The summed E-state index contributed by atoms with van der Waals surface area (Å²) in [5, 5.41) is 2.85. The van der Waals surface area contributed by atoms with Crippen LogP contribution in [0.3, 0.4) is 0 Å². The second-order valence-corrected chi connectivity index (χ2v) is 8.40. The summed E-state index contributed by atoms with van der Waals surface area (Å²) >= 11 is 0. The number of rotatable bonds is 6. The van der Waals surface area contributed by atoms with Gasteiger partial charge in [-0.15, -0.1) is 0 Å². The van der Waals surface area contributed by atoms with Gasteiger partial charge in [0.1, 0.15) is 5.69 Å². The fourth-order valence-electron chi connectivity index (χ4n) is 2.84. The molecule has 0 saturated heterocycles. The number of hydrogen-bond acceptors (Lipinski definition) is 5. The summed E-state index contributed by atoms with van der Waals surface area (Å²) in [6.45, 7) is 7.18. The lowest BCUT2D eigenvalue weighted by Gasteiger charge is -2.14. The maximum Gasteiger partial charge on any atom is 0.340 e. The van der Waals surface area contributed by atoms with E-state index in [1.807, 2.05) is 0 Å². The highest BCUT2D eigenvalue weighted by atomic mass is 32.2. The van der Waals surface area contributed by atoms with Crippen molar-refractivity contribution in [2.45, 2.75) is 38.6 Å². The van der Waals surface area contributed by atoms with Crippen molar-refractivity contribution in [2.75, 3.05) is 12.9 Å². The van der Waals surface area contributed by atoms with E-state index in [1.54, 1.807) is 39.8 Å². The predicted octanol–water partition coefficient (Wildman–Crippen LogP) is 2.70. The first-order valence-electron chi connectivity index (χ1n) is 8.53. The van der Waals surface area contributed by atoms with Crippen LogP contribution in [-0.2, 0) is 14.6 Å². The molecule has 0 aliphatic heterocycles. The molecule has 0 saturated carbocycles. The van der Waals surface area contributed by atoms with Crippen molar-refractivity contribution < 1.29 is 22.7 Å². The van der Waals surface area contributed by atoms with Gasteiger partial charge in [0.25, 0.3) is 5.91 Å². The van der Waals surface area contributed by atoms with Crippen LogP contribution in [-0.4, -0.2) is 38.1 Å². The third-order valence-corrected chi connectivity index (χ3v) is 5.43. The van der Waals surface area contributed by atoms with E-state index in [0.717, 1.165) is 11.8 Å². The lowest BCUT2D eigenvalue weighted by Crippen LogP contribution is -2.27. The summed E-state index contributed by atoms with van der Waals surface area (Å²) in [6.07, 6.45) is 1.14. The Balaban J connectivity index is 2.20. The van der Waals surface area contributed by atoms with E-state index in [-0.39, 0.29) is 23.5 Å². The fraction of sp³-hybridized carbons (Fsp3) is 0.368. The molecule has 0 aliphatic rings. The van der Waals surface area contributed by atoms with Crippen molar-refractivity contribution in [3.8, 4) is 0 Å². The lowest BCUT2D eigenvalue weighted by atomic mass is 10.1. The second kappa shape index (κ2) is 7.96. The zero-order valence-electron chi connectivity index (χ0n) is 16.0. The molecule has 0 radical (unpaired) electrons. The molecule has 0 fully saturated rings. The average molecular weight is 392 g/mol. The molecule has 146 valence electrons. The number of sulfone groups is 1. The molecular formula is C19H24N2O5S. The van der Waals surface area contributed by atoms with Crippen LogP contribution in [0, 0.1) is 13.8 Å². The molecule has 0 aliphatic carbocycles. The molecule has 0 bridgehead atoms. The number of amides is 1. The van der Waals surface area contributed by atoms with Crippen LogP contribution < -0.4 is 5.32 Å². The molecule has 2 aromatic rings. The number of aromatic nitrogens is 1. The van der Waals surface area contributed by atoms with E-state index < -0.39 is 15.8 Å². The van der Waals surface area contributed by atoms with Gasteiger partial charge in [0.15, 0.2) is 9.84 Å². The molecule has 7 nitrogen and oxygen atoms in total. The van der Waals surface area contributed by atoms with Crippen LogP contribution in [0.2, 0.25) is 0 Å². The van der Waals surface area contributed by atoms with Crippen molar-refractivity contribution in [3.63, 3.8) is 0 Å². The number of carbonyl (C=O) groups excluding carboxylic acids is 2. The van der Waals surface area contributed by atoms with Gasteiger partial charge in [-0.25, -0.2) is 13.2 Å². The van der Waals surface area contributed by atoms with Gasteiger partial charge in [-0.3, -0.25) is 4.79 Å². The number of ether oxygens (including phenoxy) is 1. The van der Waals surface area contributed by atoms with E-state index >= 15 is 0 Å².